The van der Waals surface area contributed by atoms with Crippen LogP contribution >= 0.6 is 0 Å². The van der Waals surface area contributed by atoms with Gasteiger partial charge in [0, 0.05) is 35.2 Å². The summed E-state index contributed by atoms with van der Waals surface area (Å²) < 4.78 is 5.24. The van der Waals surface area contributed by atoms with Gasteiger partial charge in [0.05, 0.1) is 11.0 Å². The van der Waals surface area contributed by atoms with Crippen molar-refractivity contribution in [3.05, 3.63) is 88.1 Å². The Balaban J connectivity index is 1.80. The Morgan fingerprint density at radius 1 is 1.29 bits per heavy atom. The largest absolute Gasteiger partial charge is 0.460 e. The second kappa shape index (κ2) is 7.28. The minimum absolute atomic E-state index is 0.00770. The van der Waals surface area contributed by atoms with Gasteiger partial charge in [-0.3, -0.25) is 20.2 Å². The van der Waals surface area contributed by atoms with Crippen molar-refractivity contribution >= 4 is 22.6 Å². The minimum Gasteiger partial charge on any atom is -0.460 e. The van der Waals surface area contributed by atoms with Crippen molar-refractivity contribution in [3.63, 3.8) is 0 Å². The number of aromatic nitrogens is 1. The molecule has 0 saturated heterocycles. The Morgan fingerprint density at radius 3 is 2.89 bits per heavy atom. The molecule has 0 amide bonds. The first-order valence-electron chi connectivity index (χ1n) is 8.96. The fourth-order valence-electron chi connectivity index (χ4n) is 3.71. The van der Waals surface area contributed by atoms with Crippen LogP contribution in [-0.4, -0.2) is 28.5 Å². The summed E-state index contributed by atoms with van der Waals surface area (Å²) >= 11 is 0. The molecule has 28 heavy (non-hydrogen) atoms. The molecule has 2 atom stereocenters. The highest BCUT2D eigenvalue weighted by Gasteiger charge is 2.35. The van der Waals surface area contributed by atoms with E-state index in [4.69, 9.17) is 4.74 Å². The number of H-pyrrole nitrogens is 1. The lowest BCUT2D eigenvalue weighted by Crippen LogP contribution is -2.45. The molecule has 3 aromatic rings. The normalized spacial score (nSPS) is 18.4. The number of esters is 1. The van der Waals surface area contributed by atoms with E-state index in [9.17, 15) is 14.9 Å². The number of nitrogens with zero attached hydrogens (tertiary/aromatic N) is 1. The van der Waals surface area contributed by atoms with E-state index < -0.39 is 17.0 Å². The summed E-state index contributed by atoms with van der Waals surface area (Å²) in [7, 11) is 0. The Morgan fingerprint density at radius 2 is 2.11 bits per heavy atom. The number of nitrogens with one attached hydrogen (secondary N) is 2. The Labute approximate surface area is 161 Å². The predicted octanol–water partition coefficient (Wildman–Crippen LogP) is 3.41. The van der Waals surface area contributed by atoms with Crippen molar-refractivity contribution in [2.24, 2.45) is 0 Å². The zero-order chi connectivity index (χ0) is 19.7. The Bertz CT molecular complexity index is 1070. The van der Waals surface area contributed by atoms with Crippen LogP contribution in [0.15, 0.2) is 61.2 Å². The molecule has 4 rings (SSSR count). The summed E-state index contributed by atoms with van der Waals surface area (Å²) in [5.41, 5.74) is 3.61. The van der Waals surface area contributed by atoms with Crippen LogP contribution in [-0.2, 0) is 16.0 Å². The van der Waals surface area contributed by atoms with Crippen LogP contribution in [0.2, 0.25) is 0 Å². The molecule has 1 aliphatic rings. The summed E-state index contributed by atoms with van der Waals surface area (Å²) in [6.45, 7) is 3.71. The Kier molecular flexibility index (Phi) is 4.67. The zero-order valence-corrected chi connectivity index (χ0v) is 15.1. The van der Waals surface area contributed by atoms with Gasteiger partial charge in [0.1, 0.15) is 12.6 Å². The summed E-state index contributed by atoms with van der Waals surface area (Å²) in [5, 5.41) is 15.5. The molecule has 0 radical (unpaired) electrons. The topological polar surface area (TPSA) is 97.3 Å². The Hall–Kier alpha value is -3.45. The van der Waals surface area contributed by atoms with Crippen LogP contribution in [0.3, 0.4) is 0 Å². The summed E-state index contributed by atoms with van der Waals surface area (Å²) in [6.07, 6.45) is 2.00. The number of nitro groups is 1. The van der Waals surface area contributed by atoms with Gasteiger partial charge in [-0.15, -0.1) is 0 Å². The molecule has 0 fully saturated rings. The van der Waals surface area contributed by atoms with Crippen molar-refractivity contribution in [1.29, 1.82) is 0 Å². The van der Waals surface area contributed by atoms with Gasteiger partial charge in [0.15, 0.2) is 0 Å². The van der Waals surface area contributed by atoms with E-state index in [0.717, 1.165) is 22.2 Å². The maximum Gasteiger partial charge on any atom is 0.323 e. The lowest BCUT2D eigenvalue weighted by atomic mass is 9.90. The molecular weight excluding hydrogens is 358 g/mol. The fourth-order valence-corrected chi connectivity index (χ4v) is 3.71. The number of aromatic amines is 1. The molecule has 2 aromatic carbocycles. The molecule has 0 bridgehead atoms. The van der Waals surface area contributed by atoms with Gasteiger partial charge in [0.2, 0.25) is 0 Å². The van der Waals surface area contributed by atoms with E-state index >= 15 is 0 Å². The third kappa shape index (κ3) is 3.16. The van der Waals surface area contributed by atoms with E-state index in [1.807, 2.05) is 30.3 Å². The number of ether oxygens (including phenoxy) is 1. The SMILES string of the molecule is C=CCOC(=O)[C@@H]1Cc2c([nH]c3ccccc23)C(c2cccc([N+](=O)[O-])c2)N1. The van der Waals surface area contributed by atoms with Gasteiger partial charge in [-0.2, -0.15) is 0 Å². The van der Waals surface area contributed by atoms with Gasteiger partial charge in [0.25, 0.3) is 5.69 Å². The number of benzene rings is 2. The average molecular weight is 377 g/mol. The van der Waals surface area contributed by atoms with E-state index in [0.29, 0.717) is 12.0 Å². The number of para-hydroxylation sites is 1. The van der Waals surface area contributed by atoms with Gasteiger partial charge >= 0.3 is 5.97 Å². The van der Waals surface area contributed by atoms with Crippen molar-refractivity contribution in [2.45, 2.75) is 18.5 Å². The first kappa shape index (κ1) is 17.9. The molecule has 1 aromatic heterocycles. The zero-order valence-electron chi connectivity index (χ0n) is 15.1. The molecule has 0 saturated carbocycles. The lowest BCUT2D eigenvalue weighted by molar-refractivity contribution is -0.384. The third-order valence-electron chi connectivity index (χ3n) is 4.95. The molecule has 1 unspecified atom stereocenters. The molecule has 0 aliphatic carbocycles. The highest BCUT2D eigenvalue weighted by Crippen LogP contribution is 2.36. The second-order valence-corrected chi connectivity index (χ2v) is 6.69. The van der Waals surface area contributed by atoms with E-state index in [2.05, 4.69) is 16.9 Å². The van der Waals surface area contributed by atoms with Crippen LogP contribution in [0, 0.1) is 10.1 Å². The first-order chi connectivity index (χ1) is 13.6. The minimum atomic E-state index is -0.559. The number of carbonyl (C=O) groups is 1. The van der Waals surface area contributed by atoms with Gasteiger partial charge in [-0.05, 0) is 17.2 Å². The number of non-ortho nitro benzene ring substituents is 1. The van der Waals surface area contributed by atoms with Crippen LogP contribution in [0.5, 0.6) is 0 Å². The predicted molar refractivity (Wildman–Crippen MR) is 105 cm³/mol. The van der Waals surface area contributed by atoms with Crippen LogP contribution in [0.1, 0.15) is 22.9 Å². The smallest absolute Gasteiger partial charge is 0.323 e. The van der Waals surface area contributed by atoms with Crippen LogP contribution in [0.25, 0.3) is 10.9 Å². The highest BCUT2D eigenvalue weighted by atomic mass is 16.6. The molecule has 2 N–H and O–H groups in total. The van der Waals surface area contributed by atoms with E-state index in [1.54, 1.807) is 6.07 Å². The van der Waals surface area contributed by atoms with Crippen LogP contribution in [0.4, 0.5) is 5.69 Å². The van der Waals surface area contributed by atoms with Crippen LogP contribution < -0.4 is 5.32 Å². The molecule has 7 heteroatoms. The number of nitro benzene ring substituents is 1. The molecule has 0 spiro atoms. The monoisotopic (exact) mass is 377 g/mol. The average Bonchev–Trinajstić information content (AvgIpc) is 3.10. The number of carbonyl (C=O) groups excluding carboxylic acids is 1. The highest BCUT2D eigenvalue weighted by molar-refractivity contribution is 5.87. The van der Waals surface area contributed by atoms with E-state index in [1.165, 1.54) is 18.2 Å². The summed E-state index contributed by atoms with van der Waals surface area (Å²) in [6, 6.07) is 13.4. The van der Waals surface area contributed by atoms with Crippen molar-refractivity contribution in [2.75, 3.05) is 6.61 Å². The summed E-state index contributed by atoms with van der Waals surface area (Å²) in [4.78, 5) is 26.7. The number of hydrogen-bond acceptors (Lipinski definition) is 5. The molecule has 2 heterocycles. The number of hydrogen-bond donors (Lipinski definition) is 2. The standard InChI is InChI=1S/C21H19N3O4/c1-2-10-28-21(25)18-12-16-15-8-3-4-9-17(15)22-20(16)19(23-18)13-6-5-7-14(11-13)24(26)27/h2-9,11,18-19,22-23H,1,10,12H2/t18-,19?/m0/s1. The van der Waals surface area contributed by atoms with Gasteiger partial charge in [-0.25, -0.2) is 0 Å². The molecule has 1 aliphatic heterocycles. The molecule has 142 valence electrons. The lowest BCUT2D eigenvalue weighted by Gasteiger charge is -2.30. The number of fused-ring (bicyclic) bond motifs is 3. The van der Waals surface area contributed by atoms with Gasteiger partial charge in [-0.1, -0.05) is 43.0 Å². The quantitative estimate of drug-likeness (QED) is 0.307. The maximum atomic E-state index is 12.5. The third-order valence-corrected chi connectivity index (χ3v) is 4.95. The molecule has 7 nitrogen and oxygen atoms in total. The van der Waals surface area contributed by atoms with Gasteiger partial charge < -0.3 is 9.72 Å². The van der Waals surface area contributed by atoms with E-state index in [-0.39, 0.29) is 18.3 Å². The first-order valence-corrected chi connectivity index (χ1v) is 8.96. The van der Waals surface area contributed by atoms with Crippen molar-refractivity contribution in [1.82, 2.24) is 10.3 Å². The number of rotatable bonds is 5. The maximum absolute atomic E-state index is 12.5. The molecular formula is C21H19N3O4. The van der Waals surface area contributed by atoms with Crippen molar-refractivity contribution in [3.8, 4) is 0 Å². The fraction of sp³-hybridized carbons (Fsp3) is 0.190. The second-order valence-electron chi connectivity index (χ2n) is 6.69. The van der Waals surface area contributed by atoms with Crippen molar-refractivity contribution < 1.29 is 14.5 Å². The summed E-state index contributed by atoms with van der Waals surface area (Å²) in [5.74, 6) is -0.369.